The van der Waals surface area contributed by atoms with Gasteiger partial charge < -0.3 is 13.9 Å². The SMILES string of the molecule is C[C@@H]1CN(C(c2ccc(F)cc2)c2nnc(C3CC3)o2)[C@@H](C)CN1c1cc(=O)n(C)c2ccc(C#N)nc12. The van der Waals surface area contributed by atoms with E-state index in [9.17, 15) is 14.4 Å². The fraction of sp³-hybridized carbons (Fsp3) is 0.393. The van der Waals surface area contributed by atoms with Crippen LogP contribution >= 0.6 is 0 Å². The van der Waals surface area contributed by atoms with Crippen LogP contribution in [0.15, 0.2) is 51.7 Å². The molecule has 4 aromatic rings. The van der Waals surface area contributed by atoms with E-state index < -0.39 is 0 Å². The van der Waals surface area contributed by atoms with E-state index >= 15 is 0 Å². The number of piperazine rings is 1. The molecule has 10 heteroatoms. The van der Waals surface area contributed by atoms with Gasteiger partial charge in [0.05, 0.1) is 11.2 Å². The monoisotopic (exact) mass is 513 g/mol. The molecule has 1 saturated heterocycles. The van der Waals surface area contributed by atoms with Crippen LogP contribution in [0.1, 0.15) is 61.7 Å². The zero-order chi connectivity index (χ0) is 26.6. The van der Waals surface area contributed by atoms with Gasteiger partial charge in [-0.3, -0.25) is 9.69 Å². The Morgan fingerprint density at radius 3 is 2.55 bits per heavy atom. The molecular formula is C28H28FN7O2. The third-order valence-electron chi connectivity index (χ3n) is 7.66. The van der Waals surface area contributed by atoms with Gasteiger partial charge in [0.1, 0.15) is 29.1 Å². The van der Waals surface area contributed by atoms with Crippen LogP contribution in [0.2, 0.25) is 0 Å². The minimum absolute atomic E-state index is 0.00999. The number of aryl methyl sites for hydroxylation is 1. The van der Waals surface area contributed by atoms with Crippen LogP contribution < -0.4 is 10.5 Å². The van der Waals surface area contributed by atoms with E-state index in [1.807, 2.05) is 0 Å². The second kappa shape index (κ2) is 9.33. The van der Waals surface area contributed by atoms with Gasteiger partial charge in [0.2, 0.25) is 11.8 Å². The fourth-order valence-corrected chi connectivity index (χ4v) is 5.42. The van der Waals surface area contributed by atoms with Gasteiger partial charge in [0.15, 0.2) is 0 Å². The predicted molar refractivity (Wildman–Crippen MR) is 139 cm³/mol. The van der Waals surface area contributed by atoms with E-state index in [0.29, 0.717) is 53.2 Å². The molecule has 2 aliphatic rings. The van der Waals surface area contributed by atoms with E-state index in [1.165, 1.54) is 12.1 Å². The lowest BCUT2D eigenvalue weighted by Crippen LogP contribution is -2.57. The number of benzene rings is 1. The lowest BCUT2D eigenvalue weighted by molar-refractivity contribution is 0.113. The van der Waals surface area contributed by atoms with Gasteiger partial charge >= 0.3 is 0 Å². The summed E-state index contributed by atoms with van der Waals surface area (Å²) in [5, 5.41) is 18.2. The molecular weight excluding hydrogens is 485 g/mol. The largest absolute Gasteiger partial charge is 0.423 e. The third-order valence-corrected chi connectivity index (χ3v) is 7.66. The first-order valence-electron chi connectivity index (χ1n) is 12.9. The molecule has 0 N–H and O–H groups in total. The molecule has 194 valence electrons. The molecule has 1 unspecified atom stereocenters. The van der Waals surface area contributed by atoms with Gasteiger partial charge in [-0.25, -0.2) is 9.37 Å². The maximum Gasteiger partial charge on any atom is 0.252 e. The second-order valence-corrected chi connectivity index (χ2v) is 10.4. The Bertz CT molecular complexity index is 1600. The molecule has 6 rings (SSSR count). The Morgan fingerprint density at radius 2 is 1.84 bits per heavy atom. The number of aromatic nitrogens is 4. The third kappa shape index (κ3) is 4.23. The molecule has 2 fully saturated rings. The molecule has 1 saturated carbocycles. The highest BCUT2D eigenvalue weighted by molar-refractivity contribution is 5.89. The first-order chi connectivity index (χ1) is 18.3. The number of pyridine rings is 2. The molecule has 1 aliphatic carbocycles. The quantitative estimate of drug-likeness (QED) is 0.396. The summed E-state index contributed by atoms with van der Waals surface area (Å²) in [6, 6.07) is 13.2. The van der Waals surface area contributed by atoms with Crippen LogP contribution in [0.3, 0.4) is 0 Å². The number of anilines is 1. The average molecular weight is 514 g/mol. The summed E-state index contributed by atoms with van der Waals surface area (Å²) in [7, 11) is 1.71. The van der Waals surface area contributed by atoms with E-state index in [-0.39, 0.29) is 29.5 Å². The van der Waals surface area contributed by atoms with Crippen LogP contribution in [0.25, 0.3) is 11.0 Å². The summed E-state index contributed by atoms with van der Waals surface area (Å²) in [6.45, 7) is 5.44. The lowest BCUT2D eigenvalue weighted by atomic mass is 9.98. The van der Waals surface area contributed by atoms with Crippen molar-refractivity contribution in [1.29, 1.82) is 5.26 Å². The van der Waals surface area contributed by atoms with Crippen LogP contribution in [-0.4, -0.2) is 49.8 Å². The van der Waals surface area contributed by atoms with Crippen molar-refractivity contribution in [2.75, 3.05) is 18.0 Å². The summed E-state index contributed by atoms with van der Waals surface area (Å²) in [5.41, 5.74) is 3.06. The molecule has 4 heterocycles. The van der Waals surface area contributed by atoms with Crippen molar-refractivity contribution >= 4 is 16.7 Å². The normalized spacial score (nSPS) is 21.0. The van der Waals surface area contributed by atoms with Crippen LogP contribution in [0, 0.1) is 17.1 Å². The first-order valence-corrected chi connectivity index (χ1v) is 12.9. The van der Waals surface area contributed by atoms with Crippen molar-refractivity contribution in [3.63, 3.8) is 0 Å². The van der Waals surface area contributed by atoms with Gasteiger partial charge in [-0.15, -0.1) is 10.2 Å². The molecule has 38 heavy (non-hydrogen) atoms. The second-order valence-electron chi connectivity index (χ2n) is 10.4. The average Bonchev–Trinajstić information content (AvgIpc) is 3.66. The summed E-state index contributed by atoms with van der Waals surface area (Å²) >= 11 is 0. The summed E-state index contributed by atoms with van der Waals surface area (Å²) in [5.74, 6) is 1.20. The van der Waals surface area contributed by atoms with Crippen molar-refractivity contribution in [3.8, 4) is 6.07 Å². The Kier molecular flexibility index (Phi) is 5.95. The molecule has 3 aromatic heterocycles. The smallest absolute Gasteiger partial charge is 0.252 e. The molecule has 0 amide bonds. The van der Waals surface area contributed by atoms with E-state index in [0.717, 1.165) is 18.4 Å². The standard InChI is InChI=1S/C28H28FN7O2/c1-16-15-36(26(18-6-8-20(29)9-7-18)28-33-32-27(38-28)19-4-5-19)17(2)14-35(16)23-12-24(37)34(3)22-11-10-21(13-30)31-25(22)23/h6-12,16-17,19,26H,4-5,14-15H2,1-3H3/t16-,17+,26?/m1/s1. The Labute approximate surface area is 219 Å². The molecule has 1 aliphatic heterocycles. The number of nitriles is 1. The molecule has 0 radical (unpaired) electrons. The van der Waals surface area contributed by atoms with E-state index in [2.05, 4.69) is 44.9 Å². The minimum atomic E-state index is -0.334. The van der Waals surface area contributed by atoms with Crippen molar-refractivity contribution in [3.05, 3.63) is 81.7 Å². The van der Waals surface area contributed by atoms with Gasteiger partial charge in [-0.2, -0.15) is 5.26 Å². The molecule has 0 bridgehead atoms. The lowest BCUT2D eigenvalue weighted by Gasteiger charge is -2.47. The van der Waals surface area contributed by atoms with Crippen molar-refractivity contribution in [1.82, 2.24) is 24.6 Å². The minimum Gasteiger partial charge on any atom is -0.423 e. The highest BCUT2D eigenvalue weighted by atomic mass is 19.1. The first kappa shape index (κ1) is 24.2. The van der Waals surface area contributed by atoms with Crippen molar-refractivity contribution in [2.24, 2.45) is 7.05 Å². The van der Waals surface area contributed by atoms with Crippen molar-refractivity contribution < 1.29 is 8.81 Å². The number of halogens is 1. The van der Waals surface area contributed by atoms with Crippen molar-refractivity contribution in [2.45, 2.75) is 50.7 Å². The van der Waals surface area contributed by atoms with Crippen LogP contribution in [0.4, 0.5) is 10.1 Å². The number of hydrogen-bond acceptors (Lipinski definition) is 8. The predicted octanol–water partition coefficient (Wildman–Crippen LogP) is 3.89. The van der Waals surface area contributed by atoms with Gasteiger partial charge in [0, 0.05) is 44.2 Å². The molecule has 3 atom stereocenters. The molecule has 0 spiro atoms. The highest BCUT2D eigenvalue weighted by Gasteiger charge is 2.39. The maximum absolute atomic E-state index is 13.8. The number of fused-ring (bicyclic) bond motifs is 1. The Balaban J connectivity index is 1.38. The van der Waals surface area contributed by atoms with Gasteiger partial charge in [-0.1, -0.05) is 12.1 Å². The van der Waals surface area contributed by atoms with Crippen LogP contribution in [-0.2, 0) is 7.05 Å². The van der Waals surface area contributed by atoms with Gasteiger partial charge in [0.25, 0.3) is 5.56 Å². The zero-order valence-electron chi connectivity index (χ0n) is 21.5. The fourth-order valence-electron chi connectivity index (χ4n) is 5.42. The molecule has 9 nitrogen and oxygen atoms in total. The van der Waals surface area contributed by atoms with Crippen LogP contribution in [0.5, 0.6) is 0 Å². The summed E-state index contributed by atoms with van der Waals surface area (Å²) < 4.78 is 21.5. The zero-order valence-corrected chi connectivity index (χ0v) is 21.5. The number of hydrogen-bond donors (Lipinski definition) is 0. The highest BCUT2D eigenvalue weighted by Crippen LogP contribution is 2.41. The summed E-state index contributed by atoms with van der Waals surface area (Å²) in [4.78, 5) is 21.9. The van der Waals surface area contributed by atoms with Gasteiger partial charge in [-0.05, 0) is 56.5 Å². The summed E-state index contributed by atoms with van der Waals surface area (Å²) in [6.07, 6.45) is 2.11. The van der Waals surface area contributed by atoms with E-state index in [4.69, 9.17) is 4.42 Å². The maximum atomic E-state index is 13.8. The molecule has 1 aromatic carbocycles. The van der Waals surface area contributed by atoms with E-state index in [1.54, 1.807) is 41.9 Å². The topological polar surface area (TPSA) is 104 Å². The Morgan fingerprint density at radius 1 is 1.08 bits per heavy atom. The number of rotatable bonds is 5. The number of nitrogens with zero attached hydrogens (tertiary/aromatic N) is 7. The Hall–Kier alpha value is -4.10.